The lowest BCUT2D eigenvalue weighted by molar-refractivity contribution is -0.127. The van der Waals surface area contributed by atoms with Gasteiger partial charge in [0.2, 0.25) is 10.0 Å². The van der Waals surface area contributed by atoms with Gasteiger partial charge in [-0.05, 0) is 43.2 Å². The fourth-order valence-electron chi connectivity index (χ4n) is 2.98. The number of nitrogens with one attached hydrogen (secondary N) is 1. The molecule has 0 bridgehead atoms. The molecule has 7 nitrogen and oxygen atoms in total. The van der Waals surface area contributed by atoms with E-state index in [4.69, 9.17) is 9.47 Å². The number of aryl methyl sites for hydroxylation is 2. The molecule has 0 aromatic heterocycles. The highest BCUT2D eigenvalue weighted by molar-refractivity contribution is 7.92. The number of sulfonamides is 1. The van der Waals surface area contributed by atoms with E-state index in [1.165, 1.54) is 4.31 Å². The summed E-state index contributed by atoms with van der Waals surface area (Å²) in [6.45, 7) is 4.33. The highest BCUT2D eigenvalue weighted by Gasteiger charge is 2.34. The summed E-state index contributed by atoms with van der Waals surface area (Å²) in [5.41, 5.74) is 2.38. The lowest BCUT2D eigenvalue weighted by Crippen LogP contribution is -2.51. The molecule has 8 heteroatoms. The van der Waals surface area contributed by atoms with E-state index in [1.54, 1.807) is 12.1 Å². The second kappa shape index (κ2) is 8.10. The fraction of sp³-hybridized carbons (Fsp3) is 0.350. The van der Waals surface area contributed by atoms with Gasteiger partial charge in [0.1, 0.15) is 18.1 Å². The van der Waals surface area contributed by atoms with Crippen molar-refractivity contribution in [3.8, 4) is 11.5 Å². The normalized spacial score (nSPS) is 16.1. The van der Waals surface area contributed by atoms with Crippen LogP contribution in [0.4, 0.5) is 5.69 Å². The maximum atomic E-state index is 12.5. The number of fused-ring (bicyclic) bond motifs is 1. The summed E-state index contributed by atoms with van der Waals surface area (Å²) >= 11 is 0. The summed E-state index contributed by atoms with van der Waals surface area (Å²) in [4.78, 5) is 12.5. The largest absolute Gasteiger partial charge is 0.491 e. The summed E-state index contributed by atoms with van der Waals surface area (Å²) < 4.78 is 37.0. The number of hydrogen-bond donors (Lipinski definition) is 1. The molecule has 0 spiro atoms. The third-order valence-corrected chi connectivity index (χ3v) is 5.58. The Morgan fingerprint density at radius 1 is 1.25 bits per heavy atom. The van der Waals surface area contributed by atoms with Gasteiger partial charge in [0.15, 0.2) is 6.10 Å². The third kappa shape index (κ3) is 4.56. The van der Waals surface area contributed by atoms with Crippen molar-refractivity contribution in [2.45, 2.75) is 20.0 Å². The fourth-order valence-corrected chi connectivity index (χ4v) is 3.89. The maximum absolute atomic E-state index is 12.5. The van der Waals surface area contributed by atoms with Crippen LogP contribution in [-0.2, 0) is 14.8 Å². The van der Waals surface area contributed by atoms with E-state index >= 15 is 0 Å². The molecule has 2 aromatic rings. The Hall–Kier alpha value is -2.74. The number of hydrogen-bond acceptors (Lipinski definition) is 5. The molecule has 28 heavy (non-hydrogen) atoms. The number of nitrogens with zero attached hydrogens (tertiary/aromatic N) is 1. The molecular formula is C20H24N2O5S. The second-order valence-corrected chi connectivity index (χ2v) is 8.68. The molecule has 0 fully saturated rings. The summed E-state index contributed by atoms with van der Waals surface area (Å²) in [6.07, 6.45) is 0.193. The first-order valence-corrected chi connectivity index (χ1v) is 10.8. The van der Waals surface area contributed by atoms with Crippen molar-refractivity contribution in [3.05, 3.63) is 53.6 Å². The molecule has 0 radical (unpaired) electrons. The molecule has 3 rings (SSSR count). The number of para-hydroxylation sites is 1. The number of carbonyl (C=O) groups is 1. The minimum Gasteiger partial charge on any atom is -0.491 e. The SMILES string of the molecule is Cc1ccc2c(c1)N(S(C)(=O)=O)C[C@@H](C(=O)NCCOc1ccccc1C)O2. The predicted molar refractivity (Wildman–Crippen MR) is 107 cm³/mol. The monoisotopic (exact) mass is 404 g/mol. The Balaban J connectivity index is 1.63. The van der Waals surface area contributed by atoms with Gasteiger partial charge in [0, 0.05) is 0 Å². The highest BCUT2D eigenvalue weighted by atomic mass is 32.2. The van der Waals surface area contributed by atoms with Gasteiger partial charge in [-0.3, -0.25) is 9.10 Å². The predicted octanol–water partition coefficient (Wildman–Crippen LogP) is 2.03. The van der Waals surface area contributed by atoms with Crippen molar-refractivity contribution >= 4 is 21.6 Å². The average molecular weight is 404 g/mol. The molecule has 1 N–H and O–H groups in total. The zero-order chi connectivity index (χ0) is 20.3. The summed E-state index contributed by atoms with van der Waals surface area (Å²) in [5.74, 6) is 0.755. The molecule has 1 aliphatic rings. The van der Waals surface area contributed by atoms with E-state index in [9.17, 15) is 13.2 Å². The molecule has 1 atom stereocenters. The highest BCUT2D eigenvalue weighted by Crippen LogP contribution is 2.35. The molecule has 0 unspecified atom stereocenters. The van der Waals surface area contributed by atoms with E-state index in [0.717, 1.165) is 23.1 Å². The Kier molecular flexibility index (Phi) is 5.79. The van der Waals surface area contributed by atoms with Crippen LogP contribution in [0.2, 0.25) is 0 Å². The number of rotatable bonds is 6. The molecule has 1 aliphatic heterocycles. The summed E-state index contributed by atoms with van der Waals surface area (Å²) in [7, 11) is -3.54. The molecule has 0 saturated heterocycles. The van der Waals surface area contributed by atoms with Crippen LogP contribution in [0, 0.1) is 13.8 Å². The Labute approximate surface area is 165 Å². The van der Waals surface area contributed by atoms with E-state index in [1.807, 2.05) is 44.2 Å². The van der Waals surface area contributed by atoms with E-state index in [0.29, 0.717) is 18.0 Å². The number of amides is 1. The van der Waals surface area contributed by atoms with Gasteiger partial charge in [-0.1, -0.05) is 24.3 Å². The molecule has 150 valence electrons. The van der Waals surface area contributed by atoms with E-state index in [2.05, 4.69) is 5.32 Å². The first-order valence-electron chi connectivity index (χ1n) is 8.97. The standard InChI is InChI=1S/C20H24N2O5S/c1-14-8-9-18-16(12-14)22(28(3,24)25)13-19(27-18)20(23)21-10-11-26-17-7-5-4-6-15(17)2/h4-9,12,19H,10-11,13H2,1-3H3,(H,21,23)/t19-/m0/s1. The Morgan fingerprint density at radius 3 is 2.71 bits per heavy atom. The van der Waals surface area contributed by atoms with Crippen LogP contribution < -0.4 is 19.1 Å². The quantitative estimate of drug-likeness (QED) is 0.745. The third-order valence-electron chi connectivity index (χ3n) is 4.43. The summed E-state index contributed by atoms with van der Waals surface area (Å²) in [6, 6.07) is 12.9. The molecule has 0 saturated carbocycles. The molecule has 1 amide bonds. The van der Waals surface area contributed by atoms with Crippen LogP contribution in [0.15, 0.2) is 42.5 Å². The van der Waals surface area contributed by atoms with Gasteiger partial charge >= 0.3 is 0 Å². The van der Waals surface area contributed by atoms with Crippen LogP contribution in [0.5, 0.6) is 11.5 Å². The van der Waals surface area contributed by atoms with Crippen LogP contribution in [0.1, 0.15) is 11.1 Å². The minimum atomic E-state index is -3.54. The molecule has 1 heterocycles. The van der Waals surface area contributed by atoms with Gasteiger partial charge in [-0.15, -0.1) is 0 Å². The Morgan fingerprint density at radius 2 is 2.00 bits per heavy atom. The lowest BCUT2D eigenvalue weighted by Gasteiger charge is -2.34. The van der Waals surface area contributed by atoms with Crippen LogP contribution in [0.25, 0.3) is 0 Å². The van der Waals surface area contributed by atoms with Crippen molar-refractivity contribution in [2.24, 2.45) is 0 Å². The van der Waals surface area contributed by atoms with Gasteiger partial charge in [-0.25, -0.2) is 8.42 Å². The van der Waals surface area contributed by atoms with Crippen molar-refractivity contribution in [2.75, 3.05) is 30.3 Å². The van der Waals surface area contributed by atoms with Crippen molar-refractivity contribution in [1.29, 1.82) is 0 Å². The number of anilines is 1. The first kappa shape index (κ1) is 20.0. The smallest absolute Gasteiger partial charge is 0.263 e. The lowest BCUT2D eigenvalue weighted by atomic mass is 10.1. The molecule has 2 aromatic carbocycles. The van der Waals surface area contributed by atoms with Gasteiger partial charge in [-0.2, -0.15) is 0 Å². The van der Waals surface area contributed by atoms with Gasteiger partial charge in [0.25, 0.3) is 5.91 Å². The van der Waals surface area contributed by atoms with Crippen LogP contribution in [-0.4, -0.2) is 46.4 Å². The minimum absolute atomic E-state index is 0.0697. The number of ether oxygens (including phenoxy) is 2. The van der Waals surface area contributed by atoms with Crippen LogP contribution in [0.3, 0.4) is 0 Å². The topological polar surface area (TPSA) is 84.9 Å². The second-order valence-electron chi connectivity index (χ2n) is 6.78. The zero-order valence-corrected chi connectivity index (χ0v) is 17.0. The van der Waals surface area contributed by atoms with Crippen molar-refractivity contribution < 1.29 is 22.7 Å². The van der Waals surface area contributed by atoms with E-state index in [-0.39, 0.29) is 19.0 Å². The molecule has 0 aliphatic carbocycles. The van der Waals surface area contributed by atoms with Gasteiger partial charge in [0.05, 0.1) is 25.0 Å². The van der Waals surface area contributed by atoms with Crippen molar-refractivity contribution in [3.63, 3.8) is 0 Å². The number of carbonyl (C=O) groups excluding carboxylic acids is 1. The number of benzene rings is 2. The average Bonchev–Trinajstić information content (AvgIpc) is 2.64. The molecular weight excluding hydrogens is 380 g/mol. The van der Waals surface area contributed by atoms with Crippen molar-refractivity contribution in [1.82, 2.24) is 5.32 Å². The van der Waals surface area contributed by atoms with Gasteiger partial charge < -0.3 is 14.8 Å². The summed E-state index contributed by atoms with van der Waals surface area (Å²) in [5, 5.41) is 2.75. The van der Waals surface area contributed by atoms with Crippen LogP contribution >= 0.6 is 0 Å². The Bertz CT molecular complexity index is 974. The maximum Gasteiger partial charge on any atom is 0.263 e. The first-order chi connectivity index (χ1) is 13.3. The zero-order valence-electron chi connectivity index (χ0n) is 16.1. The van der Waals surface area contributed by atoms with E-state index < -0.39 is 16.1 Å².